The van der Waals surface area contributed by atoms with Gasteiger partial charge in [-0.2, -0.15) is 0 Å². The highest BCUT2D eigenvalue weighted by molar-refractivity contribution is 5.84. The molecule has 1 amide bonds. The molecule has 2 heterocycles. The van der Waals surface area contributed by atoms with Gasteiger partial charge in [-0.05, 0) is 30.7 Å². The maximum atomic E-state index is 12.8. The second kappa shape index (κ2) is 7.25. The van der Waals surface area contributed by atoms with Crippen molar-refractivity contribution in [3.63, 3.8) is 0 Å². The van der Waals surface area contributed by atoms with E-state index >= 15 is 0 Å². The van der Waals surface area contributed by atoms with Gasteiger partial charge in [0.15, 0.2) is 0 Å². The van der Waals surface area contributed by atoms with E-state index in [1.165, 1.54) is 0 Å². The molecule has 5 heteroatoms. The van der Waals surface area contributed by atoms with Crippen molar-refractivity contribution in [2.24, 2.45) is 0 Å². The average Bonchev–Trinajstić information content (AvgIpc) is 3.00. The lowest BCUT2D eigenvalue weighted by Gasteiger charge is -2.19. The molecule has 2 aromatic heterocycles. The van der Waals surface area contributed by atoms with Crippen LogP contribution >= 0.6 is 0 Å². The molecule has 0 saturated carbocycles. The van der Waals surface area contributed by atoms with E-state index in [0.29, 0.717) is 13.0 Å². The van der Waals surface area contributed by atoms with E-state index in [-0.39, 0.29) is 11.9 Å². The van der Waals surface area contributed by atoms with Gasteiger partial charge in [0, 0.05) is 12.6 Å². The maximum Gasteiger partial charge on any atom is 0.243 e. The second-order valence-corrected chi connectivity index (χ2v) is 5.70. The first kappa shape index (κ1) is 16.2. The van der Waals surface area contributed by atoms with Gasteiger partial charge in [0.2, 0.25) is 5.91 Å². The van der Waals surface area contributed by atoms with Crippen LogP contribution in [0.5, 0.6) is 0 Å². The maximum absolute atomic E-state index is 12.8. The third kappa shape index (κ3) is 3.15. The molecule has 0 saturated heterocycles. The van der Waals surface area contributed by atoms with Gasteiger partial charge in [0.1, 0.15) is 11.9 Å². The van der Waals surface area contributed by atoms with Crippen LogP contribution in [0.4, 0.5) is 0 Å². The number of hydrogen-bond donors (Lipinski definition) is 1. The minimum atomic E-state index is -0.268. The summed E-state index contributed by atoms with van der Waals surface area (Å²) in [7, 11) is 0. The first-order chi connectivity index (χ1) is 11.7. The molecule has 5 nitrogen and oxygen atoms in total. The number of para-hydroxylation sites is 2. The molecule has 0 aliphatic rings. The molecule has 1 aromatic carbocycles. The number of nitrogens with one attached hydrogen (secondary N) is 1. The fourth-order valence-corrected chi connectivity index (χ4v) is 2.97. The van der Waals surface area contributed by atoms with E-state index in [1.54, 1.807) is 6.20 Å². The first-order valence-electron chi connectivity index (χ1n) is 8.38. The van der Waals surface area contributed by atoms with Crippen molar-refractivity contribution in [2.45, 2.75) is 39.3 Å². The zero-order valence-electron chi connectivity index (χ0n) is 14.1. The number of aryl methyl sites for hydroxylation is 1. The van der Waals surface area contributed by atoms with E-state index in [0.717, 1.165) is 29.0 Å². The lowest BCUT2D eigenvalue weighted by Crippen LogP contribution is -2.32. The molecule has 24 heavy (non-hydrogen) atoms. The van der Waals surface area contributed by atoms with Crippen LogP contribution in [0.1, 0.15) is 37.8 Å². The van der Waals surface area contributed by atoms with Crippen LogP contribution < -0.4 is 5.32 Å². The van der Waals surface area contributed by atoms with Crippen LogP contribution in [-0.4, -0.2) is 20.4 Å². The van der Waals surface area contributed by atoms with Gasteiger partial charge in [-0.25, -0.2) is 4.98 Å². The molecule has 124 valence electrons. The summed E-state index contributed by atoms with van der Waals surface area (Å²) in [5.41, 5.74) is 2.80. The second-order valence-electron chi connectivity index (χ2n) is 5.70. The molecule has 1 N–H and O–H groups in total. The van der Waals surface area contributed by atoms with Gasteiger partial charge in [0.25, 0.3) is 0 Å². The summed E-state index contributed by atoms with van der Waals surface area (Å²) in [6.07, 6.45) is 3.23. The summed E-state index contributed by atoms with van der Waals surface area (Å²) in [5.74, 6) is 0.942. The van der Waals surface area contributed by atoms with Crippen LogP contribution in [-0.2, 0) is 17.8 Å². The zero-order chi connectivity index (χ0) is 16.9. The van der Waals surface area contributed by atoms with Crippen LogP contribution in [0, 0.1) is 0 Å². The lowest BCUT2D eigenvalue weighted by atomic mass is 10.1. The Kier molecular flexibility index (Phi) is 4.89. The van der Waals surface area contributed by atoms with Gasteiger partial charge in [0.05, 0.1) is 23.3 Å². The Labute approximate surface area is 141 Å². The molecule has 0 bridgehead atoms. The largest absolute Gasteiger partial charge is 0.349 e. The van der Waals surface area contributed by atoms with Gasteiger partial charge in [-0.15, -0.1) is 0 Å². The van der Waals surface area contributed by atoms with E-state index < -0.39 is 0 Å². The topological polar surface area (TPSA) is 59.8 Å². The Morgan fingerprint density at radius 2 is 1.96 bits per heavy atom. The number of nitrogens with zero attached hydrogens (tertiary/aromatic N) is 3. The van der Waals surface area contributed by atoms with Gasteiger partial charge < -0.3 is 9.88 Å². The third-order valence-corrected chi connectivity index (χ3v) is 4.16. The van der Waals surface area contributed by atoms with Crippen molar-refractivity contribution >= 4 is 16.9 Å². The number of carbonyl (C=O) groups excluding carboxylic acids is 1. The summed E-state index contributed by atoms with van der Waals surface area (Å²) >= 11 is 0. The minimum Gasteiger partial charge on any atom is -0.349 e. The van der Waals surface area contributed by atoms with Crippen molar-refractivity contribution in [2.75, 3.05) is 0 Å². The molecule has 0 aliphatic heterocycles. The van der Waals surface area contributed by atoms with Crippen molar-refractivity contribution in [1.82, 2.24) is 19.9 Å². The molecule has 3 rings (SSSR count). The van der Waals surface area contributed by atoms with Crippen molar-refractivity contribution in [3.8, 4) is 0 Å². The summed E-state index contributed by atoms with van der Waals surface area (Å²) in [6.45, 7) is 4.53. The number of benzene rings is 1. The molecule has 0 aliphatic carbocycles. The smallest absolute Gasteiger partial charge is 0.243 e. The van der Waals surface area contributed by atoms with E-state index in [2.05, 4.69) is 26.8 Å². The summed E-state index contributed by atoms with van der Waals surface area (Å²) < 4.78 is 2.07. The van der Waals surface area contributed by atoms with Crippen molar-refractivity contribution < 1.29 is 4.79 Å². The van der Waals surface area contributed by atoms with Crippen LogP contribution in [0.15, 0.2) is 48.7 Å². The normalized spacial score (nSPS) is 12.2. The summed E-state index contributed by atoms with van der Waals surface area (Å²) in [6, 6.07) is 13.4. The van der Waals surface area contributed by atoms with Crippen LogP contribution in [0.2, 0.25) is 0 Å². The summed E-state index contributed by atoms with van der Waals surface area (Å²) in [5, 5.41) is 3.00. The molecule has 1 unspecified atom stereocenters. The monoisotopic (exact) mass is 322 g/mol. The molecule has 0 radical (unpaired) electrons. The van der Waals surface area contributed by atoms with Gasteiger partial charge in [-0.3, -0.25) is 9.78 Å². The predicted octanol–water partition coefficient (Wildman–Crippen LogP) is 3.26. The molecule has 3 aromatic rings. The number of aromatic nitrogens is 3. The third-order valence-electron chi connectivity index (χ3n) is 4.16. The highest BCUT2D eigenvalue weighted by atomic mass is 16.2. The number of amides is 1. The number of fused-ring (bicyclic) bond motifs is 1. The number of rotatable bonds is 6. The average molecular weight is 322 g/mol. The lowest BCUT2D eigenvalue weighted by molar-refractivity contribution is -0.124. The Bertz CT molecular complexity index is 826. The standard InChI is InChI=1S/C19H22N4O/c1-3-16(19(24)21-13-14-9-7-8-12-20-14)23-17-11-6-5-10-15(17)22-18(23)4-2/h5-12,16H,3-4,13H2,1-2H3,(H,21,24). The number of hydrogen-bond acceptors (Lipinski definition) is 3. The molecular formula is C19H22N4O. The summed E-state index contributed by atoms with van der Waals surface area (Å²) in [4.78, 5) is 21.7. The number of imidazole rings is 1. The Hall–Kier alpha value is -2.69. The minimum absolute atomic E-state index is 0.000932. The van der Waals surface area contributed by atoms with Crippen molar-refractivity contribution in [3.05, 3.63) is 60.2 Å². The van der Waals surface area contributed by atoms with Crippen molar-refractivity contribution in [1.29, 1.82) is 0 Å². The Morgan fingerprint density at radius 1 is 1.17 bits per heavy atom. The number of carbonyl (C=O) groups is 1. The van der Waals surface area contributed by atoms with E-state index in [9.17, 15) is 4.79 Å². The fourth-order valence-electron chi connectivity index (χ4n) is 2.97. The quantitative estimate of drug-likeness (QED) is 0.758. The highest BCUT2D eigenvalue weighted by Gasteiger charge is 2.23. The van der Waals surface area contributed by atoms with Crippen LogP contribution in [0.3, 0.4) is 0 Å². The molecule has 0 fully saturated rings. The van der Waals surface area contributed by atoms with Gasteiger partial charge in [-0.1, -0.05) is 32.0 Å². The highest BCUT2D eigenvalue weighted by Crippen LogP contribution is 2.24. The zero-order valence-corrected chi connectivity index (χ0v) is 14.1. The van der Waals surface area contributed by atoms with Gasteiger partial charge >= 0.3 is 0 Å². The molecule has 1 atom stereocenters. The Morgan fingerprint density at radius 3 is 2.67 bits per heavy atom. The van der Waals surface area contributed by atoms with E-state index in [1.807, 2.05) is 49.4 Å². The Balaban J connectivity index is 1.87. The number of pyridine rings is 1. The predicted molar refractivity (Wildman–Crippen MR) is 94.5 cm³/mol. The molecular weight excluding hydrogens is 300 g/mol. The SMILES string of the molecule is CCc1nc2ccccc2n1C(CC)C(=O)NCc1ccccn1. The van der Waals surface area contributed by atoms with Crippen LogP contribution in [0.25, 0.3) is 11.0 Å². The molecule has 0 spiro atoms. The van der Waals surface area contributed by atoms with E-state index in [4.69, 9.17) is 0 Å². The fraction of sp³-hybridized carbons (Fsp3) is 0.316. The first-order valence-corrected chi connectivity index (χ1v) is 8.38.